The van der Waals surface area contributed by atoms with E-state index in [2.05, 4.69) is 10.9 Å². The monoisotopic (exact) mass is 416 g/mol. The summed E-state index contributed by atoms with van der Waals surface area (Å²) in [5.74, 6) is -2.65. The number of carboxylic acids is 1. The van der Waals surface area contributed by atoms with Crippen molar-refractivity contribution in [3.8, 4) is 5.75 Å². The molecule has 148 valence electrons. The Kier molecular flexibility index (Phi) is 8.19. The van der Waals surface area contributed by atoms with Crippen LogP contribution in [-0.4, -0.2) is 29.5 Å². The Balaban J connectivity index is 1.68. The third kappa shape index (κ3) is 6.59. The molecule has 0 saturated heterocycles. The highest BCUT2D eigenvalue weighted by atomic mass is 35.5. The molecule has 0 heterocycles. The summed E-state index contributed by atoms with van der Waals surface area (Å²) in [6, 6.07) is 4.87. The standard InChI is InChI=1S/C18H22Cl2N2O5/c19-11-7-8-15(14(20)10-11)27-9-3-6-16(23)21-22-17(24)12-4-1-2-5-13(12)18(25)26/h7-8,10,12-13H,1-6,9H2,(H,21,23)(H,22,24)(H,25,26). The highest BCUT2D eigenvalue weighted by Crippen LogP contribution is 2.30. The first-order chi connectivity index (χ1) is 12.9. The predicted octanol–water partition coefficient (Wildman–Crippen LogP) is 3.19. The zero-order chi connectivity index (χ0) is 19.8. The summed E-state index contributed by atoms with van der Waals surface area (Å²) in [7, 11) is 0. The Labute approximate surface area is 167 Å². The van der Waals surface area contributed by atoms with Gasteiger partial charge in [0.15, 0.2) is 0 Å². The van der Waals surface area contributed by atoms with Crippen LogP contribution in [0.15, 0.2) is 18.2 Å². The second-order valence-corrected chi connectivity index (χ2v) is 7.24. The molecule has 1 aromatic carbocycles. The van der Waals surface area contributed by atoms with Crippen LogP contribution in [0.1, 0.15) is 38.5 Å². The van der Waals surface area contributed by atoms with Crippen LogP contribution >= 0.6 is 23.2 Å². The number of nitrogens with one attached hydrogen (secondary N) is 2. The highest BCUT2D eigenvalue weighted by molar-refractivity contribution is 6.35. The lowest BCUT2D eigenvalue weighted by atomic mass is 9.79. The molecule has 0 aliphatic heterocycles. The fourth-order valence-electron chi connectivity index (χ4n) is 3.03. The average molecular weight is 417 g/mol. The molecule has 9 heteroatoms. The molecule has 1 aliphatic rings. The van der Waals surface area contributed by atoms with Gasteiger partial charge in [0.05, 0.1) is 23.5 Å². The van der Waals surface area contributed by atoms with Gasteiger partial charge in [-0.05, 0) is 37.5 Å². The van der Waals surface area contributed by atoms with Gasteiger partial charge in [0.1, 0.15) is 5.75 Å². The number of benzene rings is 1. The lowest BCUT2D eigenvalue weighted by Gasteiger charge is -2.27. The van der Waals surface area contributed by atoms with E-state index >= 15 is 0 Å². The minimum absolute atomic E-state index is 0.137. The molecular weight excluding hydrogens is 395 g/mol. The quantitative estimate of drug-likeness (QED) is 0.467. The Bertz CT molecular complexity index is 698. The number of ether oxygens (including phenoxy) is 1. The van der Waals surface area contributed by atoms with Crippen LogP contribution in [0.5, 0.6) is 5.75 Å². The zero-order valence-electron chi connectivity index (χ0n) is 14.7. The van der Waals surface area contributed by atoms with Gasteiger partial charge in [0.2, 0.25) is 11.8 Å². The van der Waals surface area contributed by atoms with E-state index in [1.165, 1.54) is 0 Å². The molecule has 0 spiro atoms. The summed E-state index contributed by atoms with van der Waals surface area (Å²) in [4.78, 5) is 35.2. The molecule has 1 saturated carbocycles. The Hall–Kier alpha value is -1.99. The van der Waals surface area contributed by atoms with Crippen molar-refractivity contribution in [2.24, 2.45) is 11.8 Å². The van der Waals surface area contributed by atoms with Crippen LogP contribution < -0.4 is 15.6 Å². The number of hydrogen-bond acceptors (Lipinski definition) is 4. The van der Waals surface area contributed by atoms with Gasteiger partial charge in [-0.2, -0.15) is 0 Å². The van der Waals surface area contributed by atoms with Crippen molar-refractivity contribution in [3.05, 3.63) is 28.2 Å². The molecule has 0 bridgehead atoms. The van der Waals surface area contributed by atoms with Gasteiger partial charge in [-0.15, -0.1) is 0 Å². The van der Waals surface area contributed by atoms with E-state index in [-0.39, 0.29) is 18.9 Å². The van der Waals surface area contributed by atoms with Gasteiger partial charge in [0.25, 0.3) is 0 Å². The van der Waals surface area contributed by atoms with Gasteiger partial charge in [-0.1, -0.05) is 36.0 Å². The number of carbonyl (C=O) groups excluding carboxylic acids is 2. The first-order valence-corrected chi connectivity index (χ1v) is 9.53. The largest absolute Gasteiger partial charge is 0.492 e. The van der Waals surface area contributed by atoms with E-state index in [1.54, 1.807) is 18.2 Å². The molecule has 2 atom stereocenters. The molecule has 27 heavy (non-hydrogen) atoms. The van der Waals surface area contributed by atoms with Crippen molar-refractivity contribution < 1.29 is 24.2 Å². The highest BCUT2D eigenvalue weighted by Gasteiger charge is 2.35. The van der Waals surface area contributed by atoms with Gasteiger partial charge in [0, 0.05) is 11.4 Å². The summed E-state index contributed by atoms with van der Waals surface area (Å²) in [5.41, 5.74) is 4.66. The summed E-state index contributed by atoms with van der Waals surface area (Å²) in [6.07, 6.45) is 3.14. The lowest BCUT2D eigenvalue weighted by molar-refractivity contribution is -0.149. The molecule has 0 aromatic heterocycles. The van der Waals surface area contributed by atoms with Crippen molar-refractivity contribution in [1.82, 2.24) is 10.9 Å². The number of halogens is 2. The van der Waals surface area contributed by atoms with Crippen LogP contribution in [-0.2, 0) is 14.4 Å². The van der Waals surface area contributed by atoms with Crippen LogP contribution in [0.25, 0.3) is 0 Å². The average Bonchev–Trinajstić information content (AvgIpc) is 2.64. The van der Waals surface area contributed by atoms with Gasteiger partial charge >= 0.3 is 5.97 Å². The Morgan fingerprint density at radius 3 is 2.48 bits per heavy atom. The van der Waals surface area contributed by atoms with E-state index in [9.17, 15) is 19.5 Å². The van der Waals surface area contributed by atoms with Gasteiger partial charge in [-0.25, -0.2) is 0 Å². The zero-order valence-corrected chi connectivity index (χ0v) is 16.2. The van der Waals surface area contributed by atoms with Crippen molar-refractivity contribution >= 4 is 41.0 Å². The topological polar surface area (TPSA) is 105 Å². The number of hydrogen-bond donors (Lipinski definition) is 3. The first-order valence-electron chi connectivity index (χ1n) is 8.78. The van der Waals surface area contributed by atoms with E-state index in [1.807, 2.05) is 0 Å². The van der Waals surface area contributed by atoms with Gasteiger partial charge in [-0.3, -0.25) is 25.2 Å². The second-order valence-electron chi connectivity index (χ2n) is 6.40. The summed E-state index contributed by atoms with van der Waals surface area (Å²) < 4.78 is 5.48. The fourth-order valence-corrected chi connectivity index (χ4v) is 3.50. The van der Waals surface area contributed by atoms with Crippen LogP contribution in [0.2, 0.25) is 10.0 Å². The first kappa shape index (κ1) is 21.3. The smallest absolute Gasteiger partial charge is 0.307 e. The molecule has 0 radical (unpaired) electrons. The number of hydrazine groups is 1. The Morgan fingerprint density at radius 1 is 1.11 bits per heavy atom. The maximum atomic E-state index is 12.2. The normalized spacial score (nSPS) is 19.2. The van der Waals surface area contributed by atoms with E-state index in [4.69, 9.17) is 27.9 Å². The number of rotatable bonds is 7. The summed E-state index contributed by atoms with van der Waals surface area (Å²) in [6.45, 7) is 0.270. The maximum absolute atomic E-state index is 12.2. The van der Waals surface area contributed by atoms with Gasteiger partial charge < -0.3 is 9.84 Å². The molecule has 2 unspecified atom stereocenters. The van der Waals surface area contributed by atoms with Crippen LogP contribution in [0.4, 0.5) is 0 Å². The number of amides is 2. The van der Waals surface area contributed by atoms with Crippen LogP contribution in [0, 0.1) is 11.8 Å². The van der Waals surface area contributed by atoms with E-state index in [0.29, 0.717) is 35.1 Å². The fraction of sp³-hybridized carbons (Fsp3) is 0.500. The minimum Gasteiger partial charge on any atom is -0.492 e. The molecule has 1 aliphatic carbocycles. The molecule has 1 fully saturated rings. The van der Waals surface area contributed by atoms with E-state index in [0.717, 1.165) is 12.8 Å². The number of carbonyl (C=O) groups is 3. The molecule has 2 rings (SSSR count). The third-order valence-electron chi connectivity index (χ3n) is 4.44. The van der Waals surface area contributed by atoms with Crippen molar-refractivity contribution in [2.45, 2.75) is 38.5 Å². The minimum atomic E-state index is -0.973. The summed E-state index contributed by atoms with van der Waals surface area (Å²) in [5, 5.41) is 10.1. The van der Waals surface area contributed by atoms with Crippen LogP contribution in [0.3, 0.4) is 0 Å². The van der Waals surface area contributed by atoms with Crippen molar-refractivity contribution in [2.75, 3.05) is 6.61 Å². The lowest BCUT2D eigenvalue weighted by Crippen LogP contribution is -2.47. The third-order valence-corrected chi connectivity index (χ3v) is 4.98. The SMILES string of the molecule is O=C(CCCOc1ccc(Cl)cc1Cl)NNC(=O)C1CCCCC1C(=O)O. The molecule has 7 nitrogen and oxygen atoms in total. The molecule has 3 N–H and O–H groups in total. The molecule has 1 aromatic rings. The van der Waals surface area contributed by atoms with Crippen molar-refractivity contribution in [1.29, 1.82) is 0 Å². The number of carboxylic acid groups (broad SMARTS) is 1. The maximum Gasteiger partial charge on any atom is 0.307 e. The van der Waals surface area contributed by atoms with Crippen molar-refractivity contribution in [3.63, 3.8) is 0 Å². The molecule has 2 amide bonds. The molecular formula is C18H22Cl2N2O5. The number of aliphatic carboxylic acids is 1. The predicted molar refractivity (Wildman–Crippen MR) is 101 cm³/mol. The van der Waals surface area contributed by atoms with E-state index < -0.39 is 23.7 Å². The second kappa shape index (κ2) is 10.4. The Morgan fingerprint density at radius 2 is 1.81 bits per heavy atom. The summed E-state index contributed by atoms with van der Waals surface area (Å²) >= 11 is 11.8.